The molecule has 0 aromatic carbocycles. The molecule has 39 heavy (non-hydrogen) atoms. The van der Waals surface area contributed by atoms with Gasteiger partial charge in [0.15, 0.2) is 5.17 Å². The number of aliphatic imine (C=N–C) groups is 1. The van der Waals surface area contributed by atoms with Crippen LogP contribution in [-0.4, -0.2) is 52.8 Å². The molecular formula is C32H50N6S. The SMILES string of the molecule is C=C(C)SC(=NC(C)C(/C=C\C)=C(/C)C#N)N(C)c1c(CC)nc(/C=C\C(C)C2CCCN(C)CC2)n1CC. The molecule has 1 fully saturated rings. The highest BCUT2D eigenvalue weighted by molar-refractivity contribution is 8.17. The van der Waals surface area contributed by atoms with Crippen molar-refractivity contribution in [1.82, 2.24) is 14.5 Å². The molecule has 7 heteroatoms. The number of rotatable bonds is 10. The smallest absolute Gasteiger partial charge is 0.169 e. The molecule has 0 amide bonds. The van der Waals surface area contributed by atoms with E-state index >= 15 is 0 Å². The molecule has 1 saturated heterocycles. The van der Waals surface area contributed by atoms with Crippen molar-refractivity contribution < 1.29 is 0 Å². The molecule has 0 aliphatic carbocycles. The first-order valence-corrected chi connectivity index (χ1v) is 15.2. The van der Waals surface area contributed by atoms with Crippen molar-refractivity contribution in [3.05, 3.63) is 52.4 Å². The molecule has 6 nitrogen and oxygen atoms in total. The van der Waals surface area contributed by atoms with Crippen molar-refractivity contribution in [2.24, 2.45) is 16.8 Å². The number of likely N-dealkylation sites (tertiary alicyclic amines) is 1. The minimum Gasteiger partial charge on any atom is -0.311 e. The Labute approximate surface area is 242 Å². The molecule has 2 rings (SSSR count). The number of aryl methyl sites for hydroxylation is 1. The number of thioether (sulfide) groups is 1. The third-order valence-corrected chi connectivity index (χ3v) is 8.46. The van der Waals surface area contributed by atoms with Crippen molar-refractivity contribution in [2.75, 3.05) is 32.1 Å². The summed E-state index contributed by atoms with van der Waals surface area (Å²) in [4.78, 5) is 15.8. The molecule has 0 N–H and O–H groups in total. The zero-order valence-corrected chi connectivity index (χ0v) is 26.6. The number of allylic oxidation sites excluding steroid dienone is 4. The molecule has 1 aromatic heterocycles. The molecule has 2 heterocycles. The number of nitrogens with zero attached hydrogens (tertiary/aromatic N) is 6. The maximum atomic E-state index is 9.54. The number of nitriles is 1. The number of imidazole rings is 1. The first kappa shape index (κ1) is 32.7. The van der Waals surface area contributed by atoms with Crippen molar-refractivity contribution in [1.29, 1.82) is 5.26 Å². The highest BCUT2D eigenvalue weighted by atomic mass is 32.2. The Morgan fingerprint density at radius 3 is 2.59 bits per heavy atom. The highest BCUT2D eigenvalue weighted by Crippen LogP contribution is 2.31. The lowest BCUT2D eigenvalue weighted by Crippen LogP contribution is -2.28. The number of aromatic nitrogens is 2. The van der Waals surface area contributed by atoms with Gasteiger partial charge < -0.3 is 14.4 Å². The van der Waals surface area contributed by atoms with Gasteiger partial charge in [-0.2, -0.15) is 5.26 Å². The summed E-state index contributed by atoms with van der Waals surface area (Å²) in [6.07, 6.45) is 13.2. The van der Waals surface area contributed by atoms with Gasteiger partial charge in [-0.1, -0.05) is 50.4 Å². The Morgan fingerprint density at radius 2 is 2.00 bits per heavy atom. The molecular weight excluding hydrogens is 500 g/mol. The van der Waals surface area contributed by atoms with Crippen LogP contribution in [0.1, 0.15) is 79.2 Å². The van der Waals surface area contributed by atoms with Crippen molar-refractivity contribution in [3.63, 3.8) is 0 Å². The molecule has 1 aliphatic rings. The summed E-state index contributed by atoms with van der Waals surface area (Å²) in [5, 5.41) is 10.4. The quantitative estimate of drug-likeness (QED) is 0.129. The first-order chi connectivity index (χ1) is 18.6. The van der Waals surface area contributed by atoms with Gasteiger partial charge in [-0.05, 0) is 109 Å². The Balaban J connectivity index is 2.48. The van der Waals surface area contributed by atoms with Crippen LogP contribution in [0.15, 0.2) is 45.9 Å². The Morgan fingerprint density at radius 1 is 1.28 bits per heavy atom. The van der Waals surface area contributed by atoms with E-state index in [1.807, 2.05) is 39.8 Å². The van der Waals surface area contributed by atoms with Gasteiger partial charge in [0.1, 0.15) is 11.6 Å². The predicted octanol–water partition coefficient (Wildman–Crippen LogP) is 7.71. The van der Waals surface area contributed by atoms with Crippen LogP contribution in [0, 0.1) is 23.2 Å². The van der Waals surface area contributed by atoms with E-state index < -0.39 is 0 Å². The zero-order valence-electron chi connectivity index (χ0n) is 25.8. The molecule has 1 aliphatic heterocycles. The second-order valence-electron chi connectivity index (χ2n) is 10.7. The van der Waals surface area contributed by atoms with Crippen LogP contribution in [0.25, 0.3) is 6.08 Å². The van der Waals surface area contributed by atoms with Crippen LogP contribution in [0.2, 0.25) is 0 Å². The summed E-state index contributed by atoms with van der Waals surface area (Å²) >= 11 is 1.56. The molecule has 214 valence electrons. The molecule has 3 unspecified atom stereocenters. The molecule has 0 saturated carbocycles. The second kappa shape index (κ2) is 15.9. The van der Waals surface area contributed by atoms with Crippen LogP contribution in [0.4, 0.5) is 5.82 Å². The fourth-order valence-electron chi connectivity index (χ4n) is 5.24. The van der Waals surface area contributed by atoms with Gasteiger partial charge in [0.05, 0.1) is 17.8 Å². The fourth-order valence-corrected chi connectivity index (χ4v) is 5.98. The van der Waals surface area contributed by atoms with E-state index in [0.717, 1.165) is 45.9 Å². The van der Waals surface area contributed by atoms with E-state index in [1.54, 1.807) is 11.8 Å². The van der Waals surface area contributed by atoms with E-state index in [1.165, 1.54) is 32.4 Å². The van der Waals surface area contributed by atoms with Crippen LogP contribution < -0.4 is 4.90 Å². The molecule has 3 atom stereocenters. The summed E-state index contributed by atoms with van der Waals surface area (Å²) in [6, 6.07) is 2.12. The van der Waals surface area contributed by atoms with Crippen LogP contribution in [0.3, 0.4) is 0 Å². The third kappa shape index (κ3) is 8.98. The predicted molar refractivity (Wildman–Crippen MR) is 171 cm³/mol. The van der Waals surface area contributed by atoms with Gasteiger partial charge in [0.2, 0.25) is 0 Å². The molecule has 0 spiro atoms. The van der Waals surface area contributed by atoms with Crippen LogP contribution in [0.5, 0.6) is 0 Å². The first-order valence-electron chi connectivity index (χ1n) is 14.4. The van der Waals surface area contributed by atoms with E-state index in [-0.39, 0.29) is 6.04 Å². The summed E-state index contributed by atoms with van der Waals surface area (Å²) < 4.78 is 2.30. The Kier molecular flexibility index (Phi) is 13.3. The van der Waals surface area contributed by atoms with Crippen molar-refractivity contribution in [2.45, 2.75) is 86.7 Å². The lowest BCUT2D eigenvalue weighted by Gasteiger charge is -2.25. The van der Waals surface area contributed by atoms with Gasteiger partial charge >= 0.3 is 0 Å². The monoisotopic (exact) mass is 550 g/mol. The maximum absolute atomic E-state index is 9.54. The number of anilines is 1. The van der Waals surface area contributed by atoms with E-state index in [9.17, 15) is 5.26 Å². The van der Waals surface area contributed by atoms with E-state index in [0.29, 0.717) is 17.4 Å². The van der Waals surface area contributed by atoms with E-state index in [4.69, 9.17) is 9.98 Å². The van der Waals surface area contributed by atoms with Gasteiger partial charge in [-0.25, -0.2) is 4.98 Å². The van der Waals surface area contributed by atoms with Gasteiger partial charge in [-0.3, -0.25) is 4.99 Å². The summed E-state index contributed by atoms with van der Waals surface area (Å²) in [6.45, 7) is 21.9. The lowest BCUT2D eigenvalue weighted by atomic mass is 9.87. The summed E-state index contributed by atoms with van der Waals surface area (Å²) in [7, 11) is 4.30. The Hall–Kier alpha value is -2.56. The fraction of sp³-hybridized carbons (Fsp3) is 0.594. The third-order valence-electron chi connectivity index (χ3n) is 7.55. The number of hydrogen-bond donors (Lipinski definition) is 0. The van der Waals surface area contributed by atoms with Gasteiger partial charge in [-0.15, -0.1) is 0 Å². The van der Waals surface area contributed by atoms with Crippen LogP contribution >= 0.6 is 11.8 Å². The number of hydrogen-bond acceptors (Lipinski definition) is 5. The largest absolute Gasteiger partial charge is 0.311 e. The lowest BCUT2D eigenvalue weighted by molar-refractivity contribution is 0.328. The second-order valence-corrected chi connectivity index (χ2v) is 12.0. The molecule has 0 radical (unpaired) electrons. The van der Waals surface area contributed by atoms with Gasteiger partial charge in [0.25, 0.3) is 0 Å². The van der Waals surface area contributed by atoms with Gasteiger partial charge in [0, 0.05) is 19.2 Å². The van der Waals surface area contributed by atoms with Crippen molar-refractivity contribution >= 4 is 28.8 Å². The summed E-state index contributed by atoms with van der Waals surface area (Å²) in [5.74, 6) is 3.29. The Bertz CT molecular complexity index is 1130. The topological polar surface area (TPSA) is 60.5 Å². The average molecular weight is 551 g/mol. The molecule has 1 aromatic rings. The minimum absolute atomic E-state index is 0.174. The summed E-state index contributed by atoms with van der Waals surface area (Å²) in [5.41, 5.74) is 2.67. The average Bonchev–Trinajstić information content (AvgIpc) is 3.13. The van der Waals surface area contributed by atoms with Crippen molar-refractivity contribution in [3.8, 4) is 6.07 Å². The minimum atomic E-state index is -0.174. The normalized spacial score (nSPS) is 19.6. The highest BCUT2D eigenvalue weighted by Gasteiger charge is 2.24. The van der Waals surface area contributed by atoms with Crippen LogP contribution in [-0.2, 0) is 13.0 Å². The maximum Gasteiger partial charge on any atom is 0.169 e. The standard InChI is InChI=1S/C32H50N6S/c1-11-15-28(25(7)22-33)26(8)34-32(39-23(4)5)37(10)31-29(12-2)35-30(38(31)13-3)18-17-24(6)27-16-14-20-36(9)21-19-27/h11,15,17-18,24,26-27H,4,12-14,16,19-21H2,1-3,5-10H3/b15-11-,18-17-,28-25-,34-32?. The van der Waals surface area contributed by atoms with E-state index in [2.05, 4.69) is 74.0 Å². The number of amidine groups is 1. The molecule has 0 bridgehead atoms. The zero-order chi connectivity index (χ0) is 29.1.